The molecule has 49 heavy (non-hydrogen) atoms. The fourth-order valence-electron chi connectivity index (χ4n) is 7.40. The van der Waals surface area contributed by atoms with Gasteiger partial charge in [0.1, 0.15) is 17.3 Å². The molecule has 13 heteroatoms. The Bertz CT molecular complexity index is 1010. The number of Topliss-reactive ketones (excluding diaryl/α,β-unsaturated/α-hetero) is 3. The first kappa shape index (κ1) is 46.3. The SMILES string of the molecule is C[NH+]1C(C)(C)CC(=O)CC1(C)C.C[NH+]1C(C)(C)CC(=O)CC1(C)C.C[NH+]1C(C)(C)CC(=O)CC1(C)C.O=C([O-])CN(CC(=O)[O-])CC(=O)[O-]. The predicted molar refractivity (Wildman–Crippen MR) is 179 cm³/mol. The maximum Gasteiger partial charge on any atom is 0.145 e. The van der Waals surface area contributed by atoms with Crippen LogP contribution in [0.2, 0.25) is 0 Å². The lowest BCUT2D eigenvalue weighted by Gasteiger charge is -2.46. The van der Waals surface area contributed by atoms with Crippen molar-refractivity contribution in [3.8, 4) is 0 Å². The Labute approximate surface area is 294 Å². The molecule has 0 unspecified atom stereocenters. The molecule has 3 aliphatic rings. The minimum atomic E-state index is -1.57. The molecule has 0 bridgehead atoms. The quantitative estimate of drug-likeness (QED) is 0.246. The van der Waals surface area contributed by atoms with Crippen molar-refractivity contribution in [2.75, 3.05) is 40.8 Å². The molecule has 3 rings (SSSR count). The highest BCUT2D eigenvalue weighted by Crippen LogP contribution is 2.21. The first-order valence-corrected chi connectivity index (χ1v) is 17.1. The molecule has 0 aliphatic carbocycles. The fourth-order valence-corrected chi connectivity index (χ4v) is 7.40. The summed E-state index contributed by atoms with van der Waals surface area (Å²) in [5, 5.41) is 30.0. The standard InChI is InChI=1S/3C10H19NO.C6H9NO6/c3*1-9(2)6-8(12)7-10(3,4)11(9)5;8-4(9)1-7(2-5(10)11)3-6(12)13/h3*6-7H2,1-5H3;1-3H2,(H,8,9)(H,10,11)(H,12,13). The summed E-state index contributed by atoms with van der Waals surface area (Å²) in [7, 11) is 6.56. The Balaban J connectivity index is 0.000000627. The highest BCUT2D eigenvalue weighted by molar-refractivity contribution is 5.81. The van der Waals surface area contributed by atoms with Crippen molar-refractivity contribution >= 4 is 35.3 Å². The van der Waals surface area contributed by atoms with Gasteiger partial charge in [0.05, 0.1) is 111 Å². The summed E-state index contributed by atoms with van der Waals surface area (Å²) < 4.78 is 0. The minimum Gasteiger partial charge on any atom is -0.549 e. The first-order chi connectivity index (χ1) is 21.7. The number of carbonyl (C=O) groups is 6. The zero-order chi connectivity index (χ0) is 39.1. The number of carboxylic acid groups (broad SMARTS) is 3. The number of ketones is 3. The highest BCUT2D eigenvalue weighted by atomic mass is 16.4. The molecule has 284 valence electrons. The molecule has 0 amide bonds. The number of likely N-dealkylation sites (tertiary alicyclic amines) is 3. The Hall–Kier alpha value is -2.74. The van der Waals surface area contributed by atoms with Crippen LogP contribution in [-0.2, 0) is 28.8 Å². The van der Waals surface area contributed by atoms with Crippen LogP contribution in [0.25, 0.3) is 0 Å². The number of rotatable bonds is 6. The molecule has 3 fully saturated rings. The van der Waals surface area contributed by atoms with E-state index in [1.165, 1.54) is 14.7 Å². The van der Waals surface area contributed by atoms with Gasteiger partial charge in [0.15, 0.2) is 0 Å². The number of piperidine rings is 3. The van der Waals surface area contributed by atoms with E-state index in [4.69, 9.17) is 0 Å². The highest BCUT2D eigenvalue weighted by Gasteiger charge is 2.48. The van der Waals surface area contributed by atoms with Crippen molar-refractivity contribution in [1.29, 1.82) is 0 Å². The van der Waals surface area contributed by atoms with Crippen molar-refractivity contribution in [2.24, 2.45) is 0 Å². The monoisotopic (exact) mass is 698 g/mol. The molecular weight excluding hydrogens is 632 g/mol. The summed E-state index contributed by atoms with van der Waals surface area (Å²) in [5.74, 6) is -3.46. The normalized spacial score (nSPS) is 23.9. The third kappa shape index (κ3) is 15.0. The number of hydrogen-bond donors (Lipinski definition) is 3. The van der Waals surface area contributed by atoms with Crippen LogP contribution in [-0.4, -0.2) is 114 Å². The van der Waals surface area contributed by atoms with Crippen LogP contribution >= 0.6 is 0 Å². The average Bonchev–Trinajstić information content (AvgIpc) is 2.83. The Morgan fingerprint density at radius 2 is 0.592 bits per heavy atom. The Kier molecular flexibility index (Phi) is 16.0. The molecule has 13 nitrogen and oxygen atoms in total. The number of carbonyl (C=O) groups excluding carboxylic acids is 6. The zero-order valence-corrected chi connectivity index (χ0v) is 33.0. The minimum absolute atomic E-state index is 0.110. The molecule has 0 aromatic carbocycles. The van der Waals surface area contributed by atoms with Gasteiger partial charge in [-0.15, -0.1) is 0 Å². The van der Waals surface area contributed by atoms with E-state index in [0.29, 0.717) is 22.2 Å². The summed E-state index contributed by atoms with van der Waals surface area (Å²) in [6.07, 6.45) is 4.35. The van der Waals surface area contributed by atoms with E-state index >= 15 is 0 Å². The summed E-state index contributed by atoms with van der Waals surface area (Å²) in [4.78, 5) is 69.3. The van der Waals surface area contributed by atoms with E-state index in [0.717, 1.165) is 38.5 Å². The van der Waals surface area contributed by atoms with E-state index in [2.05, 4.69) is 104 Å². The molecule has 3 N–H and O–H groups in total. The van der Waals surface area contributed by atoms with Crippen molar-refractivity contribution in [3.63, 3.8) is 0 Å². The number of aliphatic carboxylic acids is 3. The second kappa shape index (κ2) is 17.0. The van der Waals surface area contributed by atoms with Gasteiger partial charge >= 0.3 is 0 Å². The van der Waals surface area contributed by atoms with Gasteiger partial charge in [0.25, 0.3) is 0 Å². The zero-order valence-electron chi connectivity index (χ0n) is 33.0. The molecular formula is C36H66N4O9. The topological polar surface area (TPSA) is 188 Å². The van der Waals surface area contributed by atoms with Gasteiger partial charge in [-0.3, -0.25) is 19.3 Å². The molecule has 0 aromatic heterocycles. The lowest BCUT2D eigenvalue weighted by Crippen LogP contribution is -3.24. The first-order valence-electron chi connectivity index (χ1n) is 17.1. The third-order valence-electron chi connectivity index (χ3n) is 11.0. The largest absolute Gasteiger partial charge is 0.549 e. The van der Waals surface area contributed by atoms with Gasteiger partial charge in [0, 0.05) is 19.6 Å². The molecule has 0 aromatic rings. The number of hydrogen-bond acceptors (Lipinski definition) is 10. The molecule has 0 radical (unpaired) electrons. The number of quaternary nitrogens is 3. The van der Waals surface area contributed by atoms with Crippen LogP contribution in [0.5, 0.6) is 0 Å². The van der Waals surface area contributed by atoms with Crippen LogP contribution < -0.4 is 30.0 Å². The fraction of sp³-hybridized carbons (Fsp3) is 0.833. The summed E-state index contributed by atoms with van der Waals surface area (Å²) >= 11 is 0. The van der Waals surface area contributed by atoms with Crippen molar-refractivity contribution < 1.29 is 58.8 Å². The molecule has 3 aliphatic heterocycles. The second-order valence-electron chi connectivity index (χ2n) is 18.1. The van der Waals surface area contributed by atoms with Crippen molar-refractivity contribution in [2.45, 2.75) is 155 Å². The van der Waals surface area contributed by atoms with Gasteiger partial charge < -0.3 is 44.4 Å². The van der Waals surface area contributed by atoms with Crippen LogP contribution in [0, 0.1) is 0 Å². The molecule has 0 atom stereocenters. The van der Waals surface area contributed by atoms with E-state index in [1.54, 1.807) is 0 Å². The van der Waals surface area contributed by atoms with E-state index in [1.807, 2.05) is 0 Å². The van der Waals surface area contributed by atoms with Crippen LogP contribution in [0.4, 0.5) is 0 Å². The van der Waals surface area contributed by atoms with Gasteiger partial charge in [0.2, 0.25) is 0 Å². The summed E-state index contributed by atoms with van der Waals surface area (Å²) in [5.41, 5.74) is 0.660. The van der Waals surface area contributed by atoms with E-state index < -0.39 is 37.5 Å². The van der Waals surface area contributed by atoms with E-state index in [9.17, 15) is 44.1 Å². The predicted octanol–water partition coefficient (Wildman–Crippen LogP) is -4.20. The summed E-state index contributed by atoms with van der Waals surface area (Å²) in [6, 6.07) is 0. The maximum absolute atomic E-state index is 11.4. The number of nitrogens with zero attached hydrogens (tertiary/aromatic N) is 1. The number of carboxylic acids is 3. The lowest BCUT2D eigenvalue weighted by atomic mass is 9.80. The Morgan fingerprint density at radius 1 is 0.449 bits per heavy atom. The van der Waals surface area contributed by atoms with Gasteiger partial charge in [-0.05, 0) is 83.1 Å². The van der Waals surface area contributed by atoms with Gasteiger partial charge in [-0.1, -0.05) is 0 Å². The van der Waals surface area contributed by atoms with Crippen molar-refractivity contribution in [3.05, 3.63) is 0 Å². The van der Waals surface area contributed by atoms with Crippen LogP contribution in [0.3, 0.4) is 0 Å². The molecule has 0 spiro atoms. The van der Waals surface area contributed by atoms with Crippen LogP contribution in [0.15, 0.2) is 0 Å². The third-order valence-corrected chi connectivity index (χ3v) is 11.0. The Morgan fingerprint density at radius 3 is 0.714 bits per heavy atom. The average molecular weight is 699 g/mol. The van der Waals surface area contributed by atoms with Crippen molar-refractivity contribution in [1.82, 2.24) is 4.90 Å². The van der Waals surface area contributed by atoms with Crippen LogP contribution in [0.1, 0.15) is 122 Å². The second-order valence-corrected chi connectivity index (χ2v) is 18.1. The van der Waals surface area contributed by atoms with E-state index in [-0.39, 0.29) is 33.2 Å². The molecule has 0 saturated carbocycles. The smallest absolute Gasteiger partial charge is 0.145 e. The number of nitrogens with one attached hydrogen (secondary N) is 3. The van der Waals surface area contributed by atoms with Gasteiger partial charge in [-0.2, -0.15) is 0 Å². The molecule has 3 saturated heterocycles. The van der Waals surface area contributed by atoms with Gasteiger partial charge in [-0.25, -0.2) is 0 Å². The summed E-state index contributed by atoms with van der Waals surface area (Å²) in [6.45, 7) is 23.6. The maximum atomic E-state index is 11.4. The lowest BCUT2D eigenvalue weighted by molar-refractivity contribution is -0.978. The molecule has 3 heterocycles.